The van der Waals surface area contributed by atoms with E-state index in [4.69, 9.17) is 4.42 Å². The molecule has 0 saturated heterocycles. The Hall–Kier alpha value is -7.94. The van der Waals surface area contributed by atoms with Gasteiger partial charge < -0.3 is 9.32 Å². The van der Waals surface area contributed by atoms with Crippen molar-refractivity contribution in [3.8, 4) is 55.6 Å². The summed E-state index contributed by atoms with van der Waals surface area (Å²) in [6.45, 7) is 0. The lowest BCUT2D eigenvalue weighted by Crippen LogP contribution is -2.11. The molecule has 11 rings (SSSR count). The lowest BCUT2D eigenvalue weighted by Gasteiger charge is -2.29. The molecular formula is C58H39NO. The maximum absolute atomic E-state index is 6.77. The van der Waals surface area contributed by atoms with Gasteiger partial charge in [0.25, 0.3) is 0 Å². The van der Waals surface area contributed by atoms with Crippen LogP contribution in [0.1, 0.15) is 0 Å². The highest BCUT2D eigenvalue weighted by molar-refractivity contribution is 6.11. The third-order valence-corrected chi connectivity index (χ3v) is 11.7. The molecule has 2 nitrogen and oxygen atoms in total. The van der Waals surface area contributed by atoms with Crippen LogP contribution in [0.5, 0.6) is 0 Å². The summed E-state index contributed by atoms with van der Waals surface area (Å²) < 4.78 is 6.77. The van der Waals surface area contributed by atoms with Crippen molar-refractivity contribution in [3.63, 3.8) is 0 Å². The highest BCUT2D eigenvalue weighted by Crippen LogP contribution is 2.48. The molecule has 60 heavy (non-hydrogen) atoms. The third-order valence-electron chi connectivity index (χ3n) is 11.7. The summed E-state index contributed by atoms with van der Waals surface area (Å²) in [5, 5.41) is 4.66. The van der Waals surface area contributed by atoms with Crippen molar-refractivity contribution in [2.75, 3.05) is 4.90 Å². The van der Waals surface area contributed by atoms with Gasteiger partial charge in [-0.15, -0.1) is 0 Å². The first-order valence-corrected chi connectivity index (χ1v) is 20.5. The van der Waals surface area contributed by atoms with E-state index in [2.05, 4.69) is 235 Å². The fourth-order valence-electron chi connectivity index (χ4n) is 8.88. The molecule has 1 aromatic heterocycles. The van der Waals surface area contributed by atoms with Crippen LogP contribution in [0.3, 0.4) is 0 Å². The molecule has 10 aromatic carbocycles. The first kappa shape index (κ1) is 35.2. The molecule has 0 aliphatic carbocycles. The lowest BCUT2D eigenvalue weighted by molar-refractivity contribution is 0.669. The van der Waals surface area contributed by atoms with E-state index in [1.165, 1.54) is 49.7 Å². The van der Waals surface area contributed by atoms with Crippen molar-refractivity contribution >= 4 is 49.8 Å². The van der Waals surface area contributed by atoms with Crippen molar-refractivity contribution in [1.29, 1.82) is 0 Å². The zero-order valence-corrected chi connectivity index (χ0v) is 32.9. The normalized spacial score (nSPS) is 11.3. The van der Waals surface area contributed by atoms with Gasteiger partial charge in [-0.2, -0.15) is 0 Å². The number of hydrogen-bond acceptors (Lipinski definition) is 2. The minimum atomic E-state index is 0.849. The van der Waals surface area contributed by atoms with E-state index >= 15 is 0 Å². The molecule has 0 radical (unpaired) electrons. The Morgan fingerprint density at radius 3 is 1.62 bits per heavy atom. The molecule has 0 aliphatic heterocycles. The van der Waals surface area contributed by atoms with Crippen LogP contribution in [0.4, 0.5) is 17.1 Å². The molecular weight excluding hydrogens is 727 g/mol. The lowest BCUT2D eigenvalue weighted by atomic mass is 9.87. The molecule has 0 saturated carbocycles. The minimum Gasteiger partial charge on any atom is -0.454 e. The Labute approximate surface area is 349 Å². The average Bonchev–Trinajstić information content (AvgIpc) is 3.72. The first-order valence-electron chi connectivity index (χ1n) is 20.5. The van der Waals surface area contributed by atoms with Gasteiger partial charge in [0, 0.05) is 22.0 Å². The molecule has 0 N–H and O–H groups in total. The summed E-state index contributed by atoms with van der Waals surface area (Å²) >= 11 is 0. The number of rotatable bonds is 8. The molecule has 282 valence electrons. The van der Waals surface area contributed by atoms with Gasteiger partial charge in [-0.3, -0.25) is 0 Å². The molecule has 1 heterocycles. The monoisotopic (exact) mass is 765 g/mol. The molecule has 0 fully saturated rings. The van der Waals surface area contributed by atoms with E-state index in [0.29, 0.717) is 0 Å². The maximum Gasteiger partial charge on any atom is 0.159 e. The fraction of sp³-hybridized carbons (Fsp3) is 0. The molecule has 0 spiro atoms. The Kier molecular flexibility index (Phi) is 8.87. The number of benzene rings is 10. The molecule has 0 bridgehead atoms. The Bertz CT molecular complexity index is 3300. The van der Waals surface area contributed by atoms with E-state index in [1.807, 2.05) is 6.07 Å². The number of furan rings is 1. The van der Waals surface area contributed by atoms with Crippen molar-refractivity contribution < 1.29 is 4.42 Å². The van der Waals surface area contributed by atoms with Gasteiger partial charge >= 0.3 is 0 Å². The van der Waals surface area contributed by atoms with Gasteiger partial charge in [-0.25, -0.2) is 0 Å². The second-order valence-corrected chi connectivity index (χ2v) is 15.2. The van der Waals surface area contributed by atoms with Gasteiger partial charge in [-0.1, -0.05) is 200 Å². The molecule has 0 atom stereocenters. The number of hydrogen-bond donors (Lipinski definition) is 0. The van der Waals surface area contributed by atoms with E-state index in [9.17, 15) is 0 Å². The predicted molar refractivity (Wildman–Crippen MR) is 253 cm³/mol. The number of para-hydroxylation sites is 3. The minimum absolute atomic E-state index is 0.849. The van der Waals surface area contributed by atoms with E-state index in [-0.39, 0.29) is 0 Å². The summed E-state index contributed by atoms with van der Waals surface area (Å²) in [5.74, 6) is 0. The SMILES string of the molecule is c1ccc(-c2ccc(-c3ccccc3)c(-c3ccccc3-c3ccccc3N(c3ccc(-c4cccc5ccccc45)cc3)c3cccc4c3oc3ccccc34)c2)cc1. The van der Waals surface area contributed by atoms with Gasteiger partial charge in [-0.05, 0) is 97.2 Å². The van der Waals surface area contributed by atoms with Crippen molar-refractivity contribution in [2.24, 2.45) is 0 Å². The van der Waals surface area contributed by atoms with Crippen LogP contribution in [0.25, 0.3) is 88.3 Å². The summed E-state index contributed by atoms with van der Waals surface area (Å²) in [7, 11) is 0. The van der Waals surface area contributed by atoms with E-state index in [1.54, 1.807) is 0 Å². The van der Waals surface area contributed by atoms with Gasteiger partial charge in [0.2, 0.25) is 0 Å². The predicted octanol–water partition coefficient (Wildman–Crippen LogP) is 16.5. The second-order valence-electron chi connectivity index (χ2n) is 15.2. The summed E-state index contributed by atoms with van der Waals surface area (Å²) in [4.78, 5) is 2.38. The van der Waals surface area contributed by atoms with Crippen LogP contribution in [-0.2, 0) is 0 Å². The molecule has 0 aliphatic rings. The Morgan fingerprint density at radius 1 is 0.283 bits per heavy atom. The van der Waals surface area contributed by atoms with Crippen LogP contribution in [0.2, 0.25) is 0 Å². The van der Waals surface area contributed by atoms with Crippen molar-refractivity contribution in [3.05, 3.63) is 237 Å². The largest absolute Gasteiger partial charge is 0.454 e. The van der Waals surface area contributed by atoms with Crippen LogP contribution in [0.15, 0.2) is 241 Å². The molecule has 11 aromatic rings. The summed E-state index contributed by atoms with van der Waals surface area (Å²) in [6, 6.07) is 84.9. The molecule has 0 unspecified atom stereocenters. The highest BCUT2D eigenvalue weighted by Gasteiger charge is 2.24. The second kappa shape index (κ2) is 15.1. The fourth-order valence-corrected chi connectivity index (χ4v) is 8.88. The number of anilines is 3. The highest BCUT2D eigenvalue weighted by atomic mass is 16.3. The third kappa shape index (κ3) is 6.23. The summed E-state index contributed by atoms with van der Waals surface area (Å²) in [6.07, 6.45) is 0. The van der Waals surface area contributed by atoms with Gasteiger partial charge in [0.1, 0.15) is 5.58 Å². The zero-order chi connectivity index (χ0) is 39.8. The van der Waals surface area contributed by atoms with E-state index in [0.717, 1.165) is 55.7 Å². The number of fused-ring (bicyclic) bond motifs is 4. The van der Waals surface area contributed by atoms with Crippen molar-refractivity contribution in [1.82, 2.24) is 0 Å². The van der Waals surface area contributed by atoms with Gasteiger partial charge in [0.15, 0.2) is 5.58 Å². The zero-order valence-electron chi connectivity index (χ0n) is 32.9. The van der Waals surface area contributed by atoms with Crippen LogP contribution >= 0.6 is 0 Å². The topological polar surface area (TPSA) is 16.4 Å². The van der Waals surface area contributed by atoms with Gasteiger partial charge in [0.05, 0.1) is 11.4 Å². The first-order chi connectivity index (χ1) is 29.8. The van der Waals surface area contributed by atoms with Crippen LogP contribution in [0, 0.1) is 0 Å². The molecule has 0 amide bonds. The smallest absolute Gasteiger partial charge is 0.159 e. The van der Waals surface area contributed by atoms with E-state index < -0.39 is 0 Å². The maximum atomic E-state index is 6.77. The van der Waals surface area contributed by atoms with Crippen LogP contribution in [-0.4, -0.2) is 0 Å². The van der Waals surface area contributed by atoms with Crippen LogP contribution < -0.4 is 4.90 Å². The Balaban J connectivity index is 1.13. The number of nitrogens with zero attached hydrogens (tertiary/aromatic N) is 1. The summed E-state index contributed by atoms with van der Waals surface area (Å²) in [5.41, 5.74) is 16.5. The quantitative estimate of drug-likeness (QED) is 0.153. The average molecular weight is 766 g/mol. The standard InChI is InChI=1S/C58H39NO/c1-3-17-40(18-4-1)44-35-38-48(41-19-5-2-6-20-41)54(39-44)50-25-10-9-24-49(50)51-26-11-13-30-55(51)59(56-31-16-29-53-52-27-12-14-32-57(52)60-58(53)56)45-36-33-43(34-37-45)47-28-15-22-42-21-7-8-23-46(42)47/h1-39H. The van der Waals surface area contributed by atoms with Crippen molar-refractivity contribution in [2.45, 2.75) is 0 Å². The Morgan fingerprint density at radius 2 is 0.817 bits per heavy atom. The molecule has 2 heteroatoms.